The van der Waals surface area contributed by atoms with Gasteiger partial charge in [0.15, 0.2) is 0 Å². The van der Waals surface area contributed by atoms with Gasteiger partial charge in [-0.1, -0.05) is 0 Å². The quantitative estimate of drug-likeness (QED) is 0.879. The zero-order valence-electron chi connectivity index (χ0n) is 10.8. The van der Waals surface area contributed by atoms with E-state index in [0.717, 1.165) is 29.7 Å². The van der Waals surface area contributed by atoms with Crippen molar-refractivity contribution in [2.75, 3.05) is 6.61 Å². The first-order chi connectivity index (χ1) is 9.04. The van der Waals surface area contributed by atoms with Gasteiger partial charge in [-0.2, -0.15) is 0 Å². The Balaban J connectivity index is 2.09. The van der Waals surface area contributed by atoms with E-state index in [2.05, 4.69) is 4.98 Å². The molecule has 5 heteroatoms. The van der Waals surface area contributed by atoms with E-state index >= 15 is 0 Å². The van der Waals surface area contributed by atoms with E-state index in [1.54, 1.807) is 18.2 Å². The number of benzene rings is 1. The summed E-state index contributed by atoms with van der Waals surface area (Å²) in [6.07, 6.45) is 2.03. The average molecular weight is 260 g/mol. The first kappa shape index (κ1) is 12.2. The van der Waals surface area contributed by atoms with Crippen molar-refractivity contribution in [3.05, 3.63) is 29.6 Å². The van der Waals surface area contributed by atoms with Crippen LogP contribution in [-0.4, -0.2) is 32.3 Å². The summed E-state index contributed by atoms with van der Waals surface area (Å²) in [5, 5.41) is 18.5. The van der Waals surface area contributed by atoms with Gasteiger partial charge in [0.2, 0.25) is 0 Å². The molecule has 1 heterocycles. The van der Waals surface area contributed by atoms with Gasteiger partial charge >= 0.3 is 5.97 Å². The summed E-state index contributed by atoms with van der Waals surface area (Å²) < 4.78 is 2.02. The minimum absolute atomic E-state index is 0.0301. The lowest BCUT2D eigenvalue weighted by Crippen LogP contribution is -2.16. The Morgan fingerprint density at radius 1 is 1.47 bits per heavy atom. The lowest BCUT2D eigenvalue weighted by Gasteiger charge is -2.14. The molecule has 2 aromatic rings. The molecule has 1 aliphatic carbocycles. The van der Waals surface area contributed by atoms with Crippen molar-refractivity contribution in [2.45, 2.75) is 26.3 Å². The molecule has 0 saturated heterocycles. The number of carbonyl (C=O) groups is 1. The van der Waals surface area contributed by atoms with Crippen LogP contribution in [0.2, 0.25) is 0 Å². The molecule has 0 amide bonds. The average Bonchev–Trinajstić information content (AvgIpc) is 3.10. The molecule has 0 bridgehead atoms. The first-order valence-corrected chi connectivity index (χ1v) is 6.36. The molecule has 0 radical (unpaired) electrons. The van der Waals surface area contributed by atoms with Crippen LogP contribution in [0.3, 0.4) is 0 Å². The Hall–Kier alpha value is -1.88. The number of aliphatic hydroxyl groups is 1. The predicted octanol–water partition coefficient (Wildman–Crippen LogP) is 1.82. The van der Waals surface area contributed by atoms with Gasteiger partial charge < -0.3 is 14.8 Å². The van der Waals surface area contributed by atoms with Gasteiger partial charge in [-0.15, -0.1) is 0 Å². The Labute approximate surface area is 110 Å². The number of aromatic nitrogens is 2. The van der Waals surface area contributed by atoms with Crippen LogP contribution in [0.15, 0.2) is 18.2 Å². The molecule has 19 heavy (non-hydrogen) atoms. The maximum atomic E-state index is 11.0. The van der Waals surface area contributed by atoms with Gasteiger partial charge in [0.25, 0.3) is 0 Å². The zero-order valence-corrected chi connectivity index (χ0v) is 10.8. The first-order valence-electron chi connectivity index (χ1n) is 6.36. The highest BCUT2D eigenvalue weighted by Crippen LogP contribution is 2.47. The summed E-state index contributed by atoms with van der Waals surface area (Å²) >= 11 is 0. The normalized spacial score (nSPS) is 16.7. The fourth-order valence-corrected chi connectivity index (χ4v) is 2.45. The molecular weight excluding hydrogens is 244 g/mol. The smallest absolute Gasteiger partial charge is 0.335 e. The molecule has 1 aromatic carbocycles. The van der Waals surface area contributed by atoms with Gasteiger partial charge in [0.05, 0.1) is 23.2 Å². The van der Waals surface area contributed by atoms with Crippen molar-refractivity contribution >= 4 is 17.0 Å². The van der Waals surface area contributed by atoms with Crippen molar-refractivity contribution in [3.8, 4) is 0 Å². The van der Waals surface area contributed by atoms with E-state index in [9.17, 15) is 9.90 Å². The second kappa shape index (κ2) is 4.06. The summed E-state index contributed by atoms with van der Waals surface area (Å²) in [5.74, 6) is -0.0761. The molecule has 1 aromatic heterocycles. The van der Waals surface area contributed by atoms with E-state index in [0.29, 0.717) is 6.54 Å². The van der Waals surface area contributed by atoms with Gasteiger partial charge in [0.1, 0.15) is 5.82 Å². The number of aromatic carboxylic acids is 1. The second-order valence-electron chi connectivity index (χ2n) is 5.41. The third-order valence-electron chi connectivity index (χ3n) is 3.97. The van der Waals surface area contributed by atoms with E-state index in [4.69, 9.17) is 5.11 Å². The molecule has 0 aliphatic heterocycles. The molecular formula is C14H16N2O3. The standard InChI is InChI=1S/C14H16N2O3/c1-9-15-11-3-2-10(13(18)19)6-12(11)16(9)7-14(8-17)4-5-14/h2-3,6,17H,4-5,7-8H2,1H3,(H,18,19). The number of imidazole rings is 1. The van der Waals surface area contributed by atoms with Crippen molar-refractivity contribution in [1.29, 1.82) is 0 Å². The van der Waals surface area contributed by atoms with Crippen molar-refractivity contribution < 1.29 is 15.0 Å². The van der Waals surface area contributed by atoms with Crippen molar-refractivity contribution in [1.82, 2.24) is 9.55 Å². The Bertz CT molecular complexity index is 656. The van der Waals surface area contributed by atoms with Crippen LogP contribution < -0.4 is 0 Å². The van der Waals surface area contributed by atoms with Crippen molar-refractivity contribution in [2.24, 2.45) is 5.41 Å². The molecule has 0 spiro atoms. The van der Waals surface area contributed by atoms with Crippen LogP contribution in [0.5, 0.6) is 0 Å². The Kier molecular flexibility index (Phi) is 2.60. The van der Waals surface area contributed by atoms with Crippen LogP contribution in [-0.2, 0) is 6.54 Å². The molecule has 1 fully saturated rings. The summed E-state index contributed by atoms with van der Waals surface area (Å²) in [4.78, 5) is 15.5. The Morgan fingerprint density at radius 2 is 2.21 bits per heavy atom. The largest absolute Gasteiger partial charge is 0.478 e. The van der Waals surface area contributed by atoms with Crippen LogP contribution in [0.25, 0.3) is 11.0 Å². The fraction of sp³-hybridized carbons (Fsp3) is 0.429. The van der Waals surface area contributed by atoms with E-state index < -0.39 is 5.97 Å². The van der Waals surface area contributed by atoms with Crippen LogP contribution in [0, 0.1) is 12.3 Å². The van der Waals surface area contributed by atoms with E-state index in [1.165, 1.54) is 0 Å². The van der Waals surface area contributed by atoms with Crippen LogP contribution in [0.4, 0.5) is 0 Å². The molecule has 0 unspecified atom stereocenters. The highest BCUT2D eigenvalue weighted by molar-refractivity contribution is 5.92. The van der Waals surface area contributed by atoms with E-state index in [1.807, 2.05) is 11.5 Å². The monoisotopic (exact) mass is 260 g/mol. The number of carboxylic acid groups (broad SMARTS) is 1. The number of nitrogens with zero attached hydrogens (tertiary/aromatic N) is 2. The molecule has 2 N–H and O–H groups in total. The van der Waals surface area contributed by atoms with Crippen molar-refractivity contribution in [3.63, 3.8) is 0 Å². The predicted molar refractivity (Wildman–Crippen MR) is 70.2 cm³/mol. The third kappa shape index (κ3) is 2.00. The molecule has 5 nitrogen and oxygen atoms in total. The van der Waals surface area contributed by atoms with E-state index in [-0.39, 0.29) is 17.6 Å². The summed E-state index contributed by atoms with van der Waals surface area (Å²) in [6, 6.07) is 4.96. The number of aryl methyl sites for hydroxylation is 1. The number of carboxylic acids is 1. The SMILES string of the molecule is Cc1nc2ccc(C(=O)O)cc2n1CC1(CO)CC1. The summed E-state index contributed by atoms with van der Waals surface area (Å²) in [7, 11) is 0. The molecule has 0 atom stereocenters. The molecule has 1 saturated carbocycles. The third-order valence-corrected chi connectivity index (χ3v) is 3.97. The van der Waals surface area contributed by atoms with Gasteiger partial charge in [-0.3, -0.25) is 0 Å². The summed E-state index contributed by atoms with van der Waals surface area (Å²) in [5.41, 5.74) is 1.87. The number of hydrogen-bond donors (Lipinski definition) is 2. The van der Waals surface area contributed by atoms with Gasteiger partial charge in [-0.25, -0.2) is 9.78 Å². The minimum Gasteiger partial charge on any atom is -0.478 e. The topological polar surface area (TPSA) is 75.3 Å². The lowest BCUT2D eigenvalue weighted by molar-refractivity contribution is 0.0697. The zero-order chi connectivity index (χ0) is 13.6. The fourth-order valence-electron chi connectivity index (χ4n) is 2.45. The van der Waals surface area contributed by atoms with Crippen LogP contribution in [0.1, 0.15) is 29.0 Å². The molecule has 1 aliphatic rings. The number of fused-ring (bicyclic) bond motifs is 1. The Morgan fingerprint density at radius 3 is 2.79 bits per heavy atom. The summed E-state index contributed by atoms with van der Waals surface area (Å²) in [6.45, 7) is 2.79. The van der Waals surface area contributed by atoms with Gasteiger partial charge in [-0.05, 0) is 38.0 Å². The lowest BCUT2D eigenvalue weighted by atomic mass is 10.1. The highest BCUT2D eigenvalue weighted by atomic mass is 16.4. The second-order valence-corrected chi connectivity index (χ2v) is 5.41. The molecule has 3 rings (SSSR count). The highest BCUT2D eigenvalue weighted by Gasteiger charge is 2.42. The maximum absolute atomic E-state index is 11.0. The molecule has 100 valence electrons. The number of aliphatic hydroxyl groups excluding tert-OH is 1. The minimum atomic E-state index is -0.935. The maximum Gasteiger partial charge on any atom is 0.335 e. The number of hydrogen-bond acceptors (Lipinski definition) is 3. The number of rotatable bonds is 4. The van der Waals surface area contributed by atoms with Gasteiger partial charge in [0, 0.05) is 12.0 Å². The van der Waals surface area contributed by atoms with Crippen LogP contribution >= 0.6 is 0 Å².